The summed E-state index contributed by atoms with van der Waals surface area (Å²) in [5, 5.41) is 10.6. The monoisotopic (exact) mass is 306 g/mol. The Morgan fingerprint density at radius 1 is 1.41 bits per heavy atom. The first-order valence-electron chi connectivity index (χ1n) is 7.22. The molecule has 22 heavy (non-hydrogen) atoms. The van der Waals surface area contributed by atoms with E-state index in [0.717, 1.165) is 6.54 Å². The number of amides is 1. The van der Waals surface area contributed by atoms with E-state index < -0.39 is 0 Å². The molecule has 0 unspecified atom stereocenters. The summed E-state index contributed by atoms with van der Waals surface area (Å²) < 4.78 is 15.3. The van der Waals surface area contributed by atoms with Crippen LogP contribution in [0.25, 0.3) is 0 Å². The van der Waals surface area contributed by atoms with Crippen molar-refractivity contribution < 1.29 is 14.1 Å². The molecule has 1 amide bonds. The van der Waals surface area contributed by atoms with Crippen molar-refractivity contribution in [2.45, 2.75) is 13.0 Å². The summed E-state index contributed by atoms with van der Waals surface area (Å²) in [6, 6.07) is 6.17. The van der Waals surface area contributed by atoms with E-state index in [9.17, 15) is 9.18 Å². The van der Waals surface area contributed by atoms with Gasteiger partial charge in [-0.25, -0.2) is 9.07 Å². The molecular formula is C15H21FN5O+. The molecule has 0 bridgehead atoms. The molecular weight excluding hydrogens is 285 g/mol. The molecule has 1 atom stereocenters. The fourth-order valence-corrected chi connectivity index (χ4v) is 2.04. The zero-order chi connectivity index (χ0) is 16.1. The maximum absolute atomic E-state index is 13.8. The minimum atomic E-state index is -0.332. The molecule has 2 rings (SSSR count). The molecule has 0 saturated heterocycles. The summed E-state index contributed by atoms with van der Waals surface area (Å²) in [6.07, 6.45) is 1.54. The van der Waals surface area contributed by atoms with Crippen molar-refractivity contribution in [3.05, 3.63) is 47.5 Å². The standard InChI is InChI=1S/C15H20FN5O/c1-11(12-6-4-5-7-13(12)16)21-10-14(18-19-21)15(22)17-8-9-20(2)3/h4-7,10-11H,8-9H2,1-3H3,(H,17,22)/p+1/t11-/m0/s1. The van der Waals surface area contributed by atoms with Crippen LogP contribution in [0.5, 0.6) is 0 Å². The zero-order valence-corrected chi connectivity index (χ0v) is 13.0. The summed E-state index contributed by atoms with van der Waals surface area (Å²) in [6.45, 7) is 3.20. The van der Waals surface area contributed by atoms with Crippen molar-refractivity contribution in [3.8, 4) is 0 Å². The first-order valence-corrected chi connectivity index (χ1v) is 7.22. The molecule has 0 radical (unpaired) electrons. The second-order valence-electron chi connectivity index (χ2n) is 5.49. The molecule has 0 saturated carbocycles. The van der Waals surface area contributed by atoms with E-state index >= 15 is 0 Å². The van der Waals surface area contributed by atoms with Crippen LogP contribution in [0.1, 0.15) is 29.0 Å². The molecule has 1 aromatic heterocycles. The van der Waals surface area contributed by atoms with Crippen LogP contribution in [0.4, 0.5) is 4.39 Å². The number of aromatic nitrogens is 3. The van der Waals surface area contributed by atoms with Gasteiger partial charge in [0.2, 0.25) is 0 Å². The maximum Gasteiger partial charge on any atom is 0.273 e. The second kappa shape index (κ2) is 7.13. The lowest BCUT2D eigenvalue weighted by atomic mass is 10.1. The number of halogens is 1. The van der Waals surface area contributed by atoms with E-state index in [0.29, 0.717) is 12.1 Å². The molecule has 7 heteroatoms. The van der Waals surface area contributed by atoms with E-state index in [-0.39, 0.29) is 23.5 Å². The average molecular weight is 306 g/mol. The van der Waals surface area contributed by atoms with Gasteiger partial charge in [0.25, 0.3) is 5.91 Å². The van der Waals surface area contributed by atoms with Crippen LogP contribution in [-0.2, 0) is 0 Å². The van der Waals surface area contributed by atoms with Crippen molar-refractivity contribution in [1.29, 1.82) is 0 Å². The van der Waals surface area contributed by atoms with Gasteiger partial charge in [0, 0.05) is 5.56 Å². The largest absolute Gasteiger partial charge is 0.345 e. The minimum Gasteiger partial charge on any atom is -0.345 e. The lowest BCUT2D eigenvalue weighted by molar-refractivity contribution is -0.856. The van der Waals surface area contributed by atoms with Crippen LogP contribution in [0.2, 0.25) is 0 Å². The fourth-order valence-electron chi connectivity index (χ4n) is 2.04. The smallest absolute Gasteiger partial charge is 0.273 e. The third-order valence-electron chi connectivity index (χ3n) is 3.41. The van der Waals surface area contributed by atoms with Crippen LogP contribution in [0.3, 0.4) is 0 Å². The van der Waals surface area contributed by atoms with Crippen LogP contribution < -0.4 is 10.2 Å². The van der Waals surface area contributed by atoms with E-state index in [4.69, 9.17) is 0 Å². The number of likely N-dealkylation sites (N-methyl/N-ethyl adjacent to an activating group) is 1. The quantitative estimate of drug-likeness (QED) is 0.783. The first-order chi connectivity index (χ1) is 10.5. The molecule has 2 N–H and O–H groups in total. The Hall–Kier alpha value is -2.28. The highest BCUT2D eigenvalue weighted by Crippen LogP contribution is 2.19. The van der Waals surface area contributed by atoms with Crippen LogP contribution >= 0.6 is 0 Å². The third-order valence-corrected chi connectivity index (χ3v) is 3.41. The van der Waals surface area contributed by atoms with Gasteiger partial charge in [0.1, 0.15) is 5.82 Å². The average Bonchev–Trinajstić information content (AvgIpc) is 2.96. The van der Waals surface area contributed by atoms with Gasteiger partial charge in [-0.1, -0.05) is 23.4 Å². The topological polar surface area (TPSA) is 64.2 Å². The van der Waals surface area contributed by atoms with Gasteiger partial charge < -0.3 is 10.2 Å². The van der Waals surface area contributed by atoms with Gasteiger partial charge in [-0.05, 0) is 13.0 Å². The summed E-state index contributed by atoms with van der Waals surface area (Å²) in [5.41, 5.74) is 0.743. The Bertz CT molecular complexity index is 640. The molecule has 1 aromatic carbocycles. The van der Waals surface area contributed by atoms with Crippen LogP contribution in [0.15, 0.2) is 30.5 Å². The Morgan fingerprint density at radius 2 is 2.14 bits per heavy atom. The number of carbonyl (C=O) groups excluding carboxylic acids is 1. The number of nitrogens with one attached hydrogen (secondary N) is 2. The highest BCUT2D eigenvalue weighted by atomic mass is 19.1. The first kappa shape index (κ1) is 16.1. The lowest BCUT2D eigenvalue weighted by Gasteiger charge is -2.12. The second-order valence-corrected chi connectivity index (χ2v) is 5.49. The van der Waals surface area contributed by atoms with Crippen molar-refractivity contribution in [2.75, 3.05) is 27.2 Å². The molecule has 2 aromatic rings. The lowest BCUT2D eigenvalue weighted by Crippen LogP contribution is -3.06. The minimum absolute atomic E-state index is 0.233. The highest BCUT2D eigenvalue weighted by molar-refractivity contribution is 5.91. The number of carbonyl (C=O) groups is 1. The van der Waals surface area contributed by atoms with Crippen molar-refractivity contribution in [3.63, 3.8) is 0 Å². The van der Waals surface area contributed by atoms with E-state index in [1.54, 1.807) is 18.2 Å². The van der Waals surface area contributed by atoms with Crippen LogP contribution in [-0.4, -0.2) is 48.1 Å². The Morgan fingerprint density at radius 3 is 2.82 bits per heavy atom. The summed E-state index contributed by atoms with van der Waals surface area (Å²) >= 11 is 0. The van der Waals surface area contributed by atoms with Crippen LogP contribution in [0, 0.1) is 5.82 Å². The predicted molar refractivity (Wildman–Crippen MR) is 80.2 cm³/mol. The van der Waals surface area contributed by atoms with Gasteiger partial charge in [0.05, 0.1) is 39.4 Å². The van der Waals surface area contributed by atoms with Crippen molar-refractivity contribution in [2.24, 2.45) is 0 Å². The van der Waals surface area contributed by atoms with E-state index in [1.165, 1.54) is 21.8 Å². The summed E-state index contributed by atoms with van der Waals surface area (Å²) in [5.74, 6) is -0.571. The fraction of sp³-hybridized carbons (Fsp3) is 0.400. The van der Waals surface area contributed by atoms with Gasteiger partial charge >= 0.3 is 0 Å². The highest BCUT2D eigenvalue weighted by Gasteiger charge is 2.17. The normalized spacial score (nSPS) is 12.4. The van der Waals surface area contributed by atoms with E-state index in [2.05, 4.69) is 15.6 Å². The number of nitrogens with zero attached hydrogens (tertiary/aromatic N) is 3. The predicted octanol–water partition coefficient (Wildman–Crippen LogP) is -0.0992. The number of hydrogen-bond donors (Lipinski definition) is 2. The molecule has 0 fully saturated rings. The molecule has 6 nitrogen and oxygen atoms in total. The number of hydrogen-bond acceptors (Lipinski definition) is 3. The molecule has 0 aliphatic heterocycles. The Balaban J connectivity index is 2.05. The molecule has 0 spiro atoms. The van der Waals surface area contributed by atoms with Gasteiger partial charge in [-0.15, -0.1) is 5.10 Å². The van der Waals surface area contributed by atoms with Crippen molar-refractivity contribution >= 4 is 5.91 Å². The maximum atomic E-state index is 13.8. The summed E-state index contributed by atoms with van der Waals surface area (Å²) in [7, 11) is 4.02. The summed E-state index contributed by atoms with van der Waals surface area (Å²) in [4.78, 5) is 13.2. The van der Waals surface area contributed by atoms with Crippen molar-refractivity contribution in [1.82, 2.24) is 20.3 Å². The number of rotatable bonds is 6. The molecule has 118 valence electrons. The SMILES string of the molecule is C[C@@H](c1ccccc1F)n1cc(C(=O)NCC[NH+](C)C)nn1. The number of quaternary nitrogens is 1. The van der Waals surface area contributed by atoms with Gasteiger partial charge in [0.15, 0.2) is 5.69 Å². The molecule has 1 heterocycles. The third kappa shape index (κ3) is 3.88. The van der Waals surface area contributed by atoms with E-state index in [1.807, 2.05) is 21.0 Å². The Kier molecular flexibility index (Phi) is 5.21. The van der Waals surface area contributed by atoms with Gasteiger partial charge in [-0.2, -0.15) is 0 Å². The zero-order valence-electron chi connectivity index (χ0n) is 13.0. The molecule has 0 aliphatic rings. The van der Waals surface area contributed by atoms with Gasteiger partial charge in [-0.3, -0.25) is 4.79 Å². The number of benzene rings is 1. The molecule has 0 aliphatic carbocycles. The Labute approximate surface area is 128 Å².